The van der Waals surface area contributed by atoms with Crippen molar-refractivity contribution in [3.05, 3.63) is 62.7 Å². The topological polar surface area (TPSA) is 84.5 Å². The molecule has 1 atom stereocenters. The molecule has 3 aromatic rings. The van der Waals surface area contributed by atoms with E-state index < -0.39 is 11.2 Å². The first-order valence-corrected chi connectivity index (χ1v) is 13.7. The summed E-state index contributed by atoms with van der Waals surface area (Å²) in [5.74, 6) is -0.737. The molecule has 1 aromatic carbocycles. The van der Waals surface area contributed by atoms with E-state index in [0.29, 0.717) is 21.1 Å². The standard InChI is InChI=1S/C25H26N2O4S3/c1-15(33-17-9-6-8-16(14-17)26-23(29)20-12-7-13-32-20)22(28)27-24-21(25(30)31-2)18-10-4-3-5-11-19(18)34-24/h6-9,12-15H,3-5,10-11H2,1-2H3,(H,26,29)(H,27,28). The minimum atomic E-state index is -0.407. The minimum absolute atomic E-state index is 0.157. The van der Waals surface area contributed by atoms with Crippen molar-refractivity contribution in [2.45, 2.75) is 49.2 Å². The van der Waals surface area contributed by atoms with Gasteiger partial charge < -0.3 is 15.4 Å². The molecular weight excluding hydrogens is 488 g/mol. The summed E-state index contributed by atoms with van der Waals surface area (Å²) in [7, 11) is 1.37. The lowest BCUT2D eigenvalue weighted by atomic mass is 10.1. The van der Waals surface area contributed by atoms with Gasteiger partial charge in [-0.3, -0.25) is 9.59 Å². The highest BCUT2D eigenvalue weighted by Crippen LogP contribution is 2.38. The van der Waals surface area contributed by atoms with Crippen molar-refractivity contribution in [3.8, 4) is 0 Å². The van der Waals surface area contributed by atoms with Crippen LogP contribution in [0.5, 0.6) is 0 Å². The highest BCUT2D eigenvalue weighted by Gasteiger charge is 2.27. The number of benzene rings is 1. The van der Waals surface area contributed by atoms with E-state index in [-0.39, 0.29) is 11.8 Å². The van der Waals surface area contributed by atoms with Gasteiger partial charge in [-0.25, -0.2) is 4.79 Å². The van der Waals surface area contributed by atoms with Crippen molar-refractivity contribution < 1.29 is 19.1 Å². The van der Waals surface area contributed by atoms with Gasteiger partial charge in [-0.2, -0.15) is 0 Å². The number of aryl methyl sites for hydroxylation is 1. The molecule has 0 saturated carbocycles. The van der Waals surface area contributed by atoms with Crippen molar-refractivity contribution in [1.82, 2.24) is 0 Å². The lowest BCUT2D eigenvalue weighted by Gasteiger charge is -2.13. The van der Waals surface area contributed by atoms with Crippen molar-refractivity contribution in [2.75, 3.05) is 17.7 Å². The first-order chi connectivity index (χ1) is 16.5. The van der Waals surface area contributed by atoms with E-state index in [1.807, 2.05) is 42.6 Å². The fraction of sp³-hybridized carbons (Fsp3) is 0.320. The number of carbonyl (C=O) groups excluding carboxylic acids is 3. The maximum absolute atomic E-state index is 13.0. The molecule has 6 nitrogen and oxygen atoms in total. The largest absolute Gasteiger partial charge is 0.465 e. The summed E-state index contributed by atoms with van der Waals surface area (Å²) >= 11 is 4.27. The minimum Gasteiger partial charge on any atom is -0.465 e. The molecule has 0 spiro atoms. The number of fused-ring (bicyclic) bond motifs is 1. The fourth-order valence-electron chi connectivity index (χ4n) is 3.87. The highest BCUT2D eigenvalue weighted by molar-refractivity contribution is 8.00. The number of rotatable bonds is 7. The summed E-state index contributed by atoms with van der Waals surface area (Å²) in [6.07, 6.45) is 5.03. The third-order valence-corrected chi connectivity index (χ3v) is 8.74. The van der Waals surface area contributed by atoms with Gasteiger partial charge in [0.2, 0.25) is 5.91 Å². The summed E-state index contributed by atoms with van der Waals surface area (Å²) in [6, 6.07) is 11.0. The van der Waals surface area contributed by atoms with Crippen LogP contribution in [0.2, 0.25) is 0 Å². The zero-order valence-electron chi connectivity index (χ0n) is 19.0. The number of methoxy groups -OCH3 is 1. The smallest absolute Gasteiger partial charge is 0.341 e. The molecule has 178 valence electrons. The Morgan fingerprint density at radius 2 is 1.88 bits per heavy atom. The van der Waals surface area contributed by atoms with Crippen molar-refractivity contribution in [3.63, 3.8) is 0 Å². The zero-order chi connectivity index (χ0) is 24.1. The van der Waals surface area contributed by atoms with Crippen LogP contribution in [0.3, 0.4) is 0 Å². The third-order valence-electron chi connectivity index (χ3n) is 5.57. The predicted molar refractivity (Wildman–Crippen MR) is 140 cm³/mol. The second-order valence-corrected chi connectivity index (χ2v) is 11.4. The van der Waals surface area contributed by atoms with Crippen LogP contribution in [0, 0.1) is 0 Å². The van der Waals surface area contributed by atoms with E-state index in [2.05, 4.69) is 10.6 Å². The molecule has 2 aromatic heterocycles. The summed E-state index contributed by atoms with van der Waals surface area (Å²) in [4.78, 5) is 40.6. The molecule has 2 N–H and O–H groups in total. The summed E-state index contributed by atoms with van der Waals surface area (Å²) in [6.45, 7) is 1.83. The molecule has 0 fully saturated rings. The second-order valence-electron chi connectivity index (χ2n) is 7.97. The van der Waals surface area contributed by atoms with Gasteiger partial charge >= 0.3 is 5.97 Å². The van der Waals surface area contributed by atoms with Gasteiger partial charge in [0.05, 0.1) is 22.8 Å². The molecule has 1 aliphatic rings. The Morgan fingerprint density at radius 1 is 1.06 bits per heavy atom. The van der Waals surface area contributed by atoms with E-state index in [9.17, 15) is 14.4 Å². The molecule has 2 amide bonds. The number of thiophene rings is 2. The van der Waals surface area contributed by atoms with Gasteiger partial charge in [0.1, 0.15) is 5.00 Å². The average molecular weight is 515 g/mol. The quantitative estimate of drug-likeness (QED) is 0.222. The molecule has 9 heteroatoms. The molecule has 1 aliphatic carbocycles. The van der Waals surface area contributed by atoms with Gasteiger partial charge in [0, 0.05) is 15.5 Å². The lowest BCUT2D eigenvalue weighted by molar-refractivity contribution is -0.115. The number of amides is 2. The van der Waals surface area contributed by atoms with Gasteiger partial charge in [0.25, 0.3) is 5.91 Å². The number of nitrogens with one attached hydrogen (secondary N) is 2. The Labute approximate surface area is 211 Å². The molecule has 1 unspecified atom stereocenters. The lowest BCUT2D eigenvalue weighted by Crippen LogP contribution is -2.23. The number of hydrogen-bond donors (Lipinski definition) is 2. The molecule has 0 saturated heterocycles. The molecule has 0 radical (unpaired) electrons. The van der Waals surface area contributed by atoms with Crippen LogP contribution in [-0.2, 0) is 22.4 Å². The molecule has 0 bridgehead atoms. The van der Waals surface area contributed by atoms with Crippen LogP contribution < -0.4 is 10.6 Å². The van der Waals surface area contributed by atoms with Gasteiger partial charge in [-0.1, -0.05) is 18.6 Å². The monoisotopic (exact) mass is 514 g/mol. The van der Waals surface area contributed by atoms with Crippen LogP contribution >= 0.6 is 34.4 Å². The van der Waals surface area contributed by atoms with Crippen LogP contribution in [0.15, 0.2) is 46.7 Å². The summed E-state index contributed by atoms with van der Waals surface area (Å²) < 4.78 is 5.03. The van der Waals surface area contributed by atoms with Gasteiger partial charge in [-0.05, 0) is 67.8 Å². The highest BCUT2D eigenvalue weighted by atomic mass is 32.2. The van der Waals surface area contributed by atoms with Gasteiger partial charge in [-0.15, -0.1) is 34.4 Å². The normalized spacial score (nSPS) is 13.9. The summed E-state index contributed by atoms with van der Waals surface area (Å²) in [5.41, 5.74) is 2.21. The Kier molecular flexibility index (Phi) is 8.07. The Morgan fingerprint density at radius 3 is 2.65 bits per heavy atom. The van der Waals surface area contributed by atoms with Gasteiger partial charge in [0.15, 0.2) is 0 Å². The summed E-state index contributed by atoms with van der Waals surface area (Å²) in [5, 5.41) is 7.90. The number of hydrogen-bond acceptors (Lipinski definition) is 7. The third kappa shape index (κ3) is 5.71. The van der Waals surface area contributed by atoms with E-state index in [1.165, 1.54) is 46.4 Å². The first-order valence-electron chi connectivity index (χ1n) is 11.1. The average Bonchev–Trinajstić information content (AvgIpc) is 3.42. The second kappa shape index (κ2) is 11.2. The molecular formula is C25H26N2O4S3. The van der Waals surface area contributed by atoms with Crippen molar-refractivity contribution >= 4 is 62.9 Å². The maximum Gasteiger partial charge on any atom is 0.341 e. The van der Waals surface area contributed by atoms with Crippen LogP contribution in [0.1, 0.15) is 56.7 Å². The number of thioether (sulfide) groups is 1. The molecule has 0 aliphatic heterocycles. The van der Waals surface area contributed by atoms with Crippen LogP contribution in [0.4, 0.5) is 10.7 Å². The Hall–Kier alpha value is -2.62. The maximum atomic E-state index is 13.0. The fourth-order valence-corrected chi connectivity index (χ4v) is 6.69. The first kappa shape index (κ1) is 24.5. The Balaban J connectivity index is 1.45. The van der Waals surface area contributed by atoms with E-state index in [4.69, 9.17) is 4.74 Å². The number of anilines is 2. The molecule has 34 heavy (non-hydrogen) atoms. The molecule has 4 rings (SSSR count). The number of esters is 1. The Bertz CT molecular complexity index is 1190. The number of carbonyl (C=O) groups is 3. The van der Waals surface area contributed by atoms with E-state index in [0.717, 1.165) is 42.6 Å². The van der Waals surface area contributed by atoms with Crippen molar-refractivity contribution in [2.24, 2.45) is 0 Å². The SMILES string of the molecule is COC(=O)c1c(NC(=O)C(C)Sc2cccc(NC(=O)c3cccs3)c2)sc2c1CCCCC2. The van der Waals surface area contributed by atoms with Crippen LogP contribution in [-0.4, -0.2) is 30.1 Å². The number of ether oxygens (including phenoxy) is 1. The van der Waals surface area contributed by atoms with Crippen molar-refractivity contribution in [1.29, 1.82) is 0 Å². The predicted octanol–water partition coefficient (Wildman–Crippen LogP) is 6.24. The zero-order valence-corrected chi connectivity index (χ0v) is 21.5. The van der Waals surface area contributed by atoms with Crippen LogP contribution in [0.25, 0.3) is 0 Å². The molecule has 2 heterocycles. The van der Waals surface area contributed by atoms with E-state index in [1.54, 1.807) is 6.07 Å². The van der Waals surface area contributed by atoms with E-state index >= 15 is 0 Å².